The van der Waals surface area contributed by atoms with E-state index in [0.717, 1.165) is 22.5 Å². The average Bonchev–Trinajstić information content (AvgIpc) is 2.93. The Morgan fingerprint density at radius 2 is 1.87 bits per heavy atom. The number of benzene rings is 2. The molecule has 5 nitrogen and oxygen atoms in total. The van der Waals surface area contributed by atoms with E-state index in [2.05, 4.69) is 14.7 Å². The molecule has 1 heterocycles. The van der Waals surface area contributed by atoms with Gasteiger partial charge in [-0.25, -0.2) is 13.4 Å². The maximum absolute atomic E-state index is 12.3. The number of sulfonamides is 1. The molecule has 1 aromatic heterocycles. The van der Waals surface area contributed by atoms with Crippen LogP contribution in [0, 0.1) is 6.92 Å². The van der Waals surface area contributed by atoms with Gasteiger partial charge in [0, 0.05) is 16.9 Å². The van der Waals surface area contributed by atoms with Crippen LogP contribution in [0.1, 0.15) is 11.3 Å². The Labute approximate surface area is 135 Å². The molecule has 0 spiro atoms. The van der Waals surface area contributed by atoms with Gasteiger partial charge >= 0.3 is 0 Å². The number of hydrogen-bond acceptors (Lipinski definition) is 3. The zero-order chi connectivity index (χ0) is 16.3. The third-order valence-electron chi connectivity index (χ3n) is 3.44. The van der Waals surface area contributed by atoms with E-state index in [9.17, 15) is 8.42 Å². The van der Waals surface area contributed by atoms with Crippen LogP contribution in [0.4, 0.5) is 5.69 Å². The molecule has 23 heavy (non-hydrogen) atoms. The highest BCUT2D eigenvalue weighted by Crippen LogP contribution is 2.23. The van der Waals surface area contributed by atoms with E-state index in [1.165, 1.54) is 0 Å². The van der Waals surface area contributed by atoms with E-state index in [-0.39, 0.29) is 5.75 Å². The van der Waals surface area contributed by atoms with Crippen LogP contribution >= 0.6 is 0 Å². The van der Waals surface area contributed by atoms with Crippen LogP contribution in [-0.4, -0.2) is 18.4 Å². The Hall–Kier alpha value is -2.60. The second kappa shape index (κ2) is 6.26. The third kappa shape index (κ3) is 3.78. The standard InChI is InChI=1S/C17H17N3O2S/c1-13-17(19-12-18-13)15-8-5-9-16(10-15)20-23(21,22)11-14-6-3-2-4-7-14/h2-10,12,20H,11H2,1H3,(H,18,19). The first-order valence-electron chi connectivity index (χ1n) is 7.18. The van der Waals surface area contributed by atoms with Crippen molar-refractivity contribution in [3.8, 4) is 11.3 Å². The molecule has 0 amide bonds. The van der Waals surface area contributed by atoms with Crippen molar-refractivity contribution < 1.29 is 8.42 Å². The molecule has 118 valence electrons. The molecule has 0 fully saturated rings. The van der Waals surface area contributed by atoms with Gasteiger partial charge in [-0.05, 0) is 24.6 Å². The van der Waals surface area contributed by atoms with Crippen LogP contribution in [-0.2, 0) is 15.8 Å². The van der Waals surface area contributed by atoms with Crippen molar-refractivity contribution in [2.45, 2.75) is 12.7 Å². The Balaban J connectivity index is 1.81. The van der Waals surface area contributed by atoms with Crippen molar-refractivity contribution in [2.75, 3.05) is 4.72 Å². The minimum absolute atomic E-state index is 0.0561. The molecule has 3 aromatic rings. The van der Waals surface area contributed by atoms with Gasteiger partial charge in [0.15, 0.2) is 0 Å². The minimum atomic E-state index is -3.46. The highest BCUT2D eigenvalue weighted by molar-refractivity contribution is 7.91. The zero-order valence-electron chi connectivity index (χ0n) is 12.7. The number of H-pyrrole nitrogens is 1. The number of anilines is 1. The molecule has 0 aliphatic heterocycles. The minimum Gasteiger partial charge on any atom is -0.348 e. The van der Waals surface area contributed by atoms with Crippen LogP contribution < -0.4 is 4.72 Å². The molecule has 0 saturated carbocycles. The van der Waals surface area contributed by atoms with Gasteiger partial charge in [0.2, 0.25) is 10.0 Å². The largest absolute Gasteiger partial charge is 0.348 e. The fourth-order valence-corrected chi connectivity index (χ4v) is 3.58. The fraction of sp³-hybridized carbons (Fsp3) is 0.118. The summed E-state index contributed by atoms with van der Waals surface area (Å²) in [6.45, 7) is 1.93. The first-order valence-corrected chi connectivity index (χ1v) is 8.83. The Morgan fingerprint density at radius 3 is 2.57 bits per heavy atom. The van der Waals surface area contributed by atoms with E-state index in [1.807, 2.05) is 37.3 Å². The molecule has 2 aromatic carbocycles. The zero-order valence-corrected chi connectivity index (χ0v) is 13.5. The van der Waals surface area contributed by atoms with Gasteiger partial charge in [0.25, 0.3) is 0 Å². The van der Waals surface area contributed by atoms with E-state index < -0.39 is 10.0 Å². The first kappa shape index (κ1) is 15.3. The number of nitrogens with zero attached hydrogens (tertiary/aromatic N) is 1. The maximum atomic E-state index is 12.3. The summed E-state index contributed by atoms with van der Waals surface area (Å²) < 4.78 is 27.2. The molecule has 0 radical (unpaired) electrons. The lowest BCUT2D eigenvalue weighted by Crippen LogP contribution is -2.15. The quantitative estimate of drug-likeness (QED) is 0.755. The lowest BCUT2D eigenvalue weighted by molar-refractivity contribution is 0.600. The molecule has 3 rings (SSSR count). The summed E-state index contributed by atoms with van der Waals surface area (Å²) in [4.78, 5) is 7.28. The lowest BCUT2D eigenvalue weighted by Gasteiger charge is -2.09. The molecule has 0 unspecified atom stereocenters. The number of nitrogens with one attached hydrogen (secondary N) is 2. The second-order valence-corrected chi connectivity index (χ2v) is 7.03. The molecule has 2 N–H and O–H groups in total. The van der Waals surface area contributed by atoms with Crippen LogP contribution in [0.5, 0.6) is 0 Å². The van der Waals surface area contributed by atoms with Gasteiger partial charge in [0.1, 0.15) is 0 Å². The summed E-state index contributed by atoms with van der Waals surface area (Å²) >= 11 is 0. The smallest absolute Gasteiger partial charge is 0.236 e. The molecule has 6 heteroatoms. The van der Waals surface area contributed by atoms with Crippen LogP contribution in [0.3, 0.4) is 0 Å². The number of aryl methyl sites for hydroxylation is 1. The predicted molar refractivity (Wildman–Crippen MR) is 91.4 cm³/mol. The first-order chi connectivity index (χ1) is 11.0. The number of aromatic amines is 1. The van der Waals surface area contributed by atoms with Gasteiger partial charge in [-0.3, -0.25) is 4.72 Å². The SMILES string of the molecule is Cc1[nH]cnc1-c1cccc(NS(=O)(=O)Cc2ccccc2)c1. The average molecular weight is 327 g/mol. The van der Waals surface area contributed by atoms with Crippen molar-refractivity contribution in [1.29, 1.82) is 0 Å². The van der Waals surface area contributed by atoms with E-state index >= 15 is 0 Å². The van der Waals surface area contributed by atoms with Gasteiger partial charge in [-0.15, -0.1) is 0 Å². The van der Waals surface area contributed by atoms with Crippen molar-refractivity contribution in [1.82, 2.24) is 9.97 Å². The summed E-state index contributed by atoms with van der Waals surface area (Å²) in [6.07, 6.45) is 1.62. The second-order valence-electron chi connectivity index (χ2n) is 5.30. The number of aromatic nitrogens is 2. The summed E-state index contributed by atoms with van der Waals surface area (Å²) in [5.41, 5.74) is 3.90. The summed E-state index contributed by atoms with van der Waals surface area (Å²) in [5.74, 6) is -0.0561. The van der Waals surface area contributed by atoms with Crippen molar-refractivity contribution >= 4 is 15.7 Å². The van der Waals surface area contributed by atoms with Crippen LogP contribution in [0.15, 0.2) is 60.9 Å². The van der Waals surface area contributed by atoms with Gasteiger partial charge in [-0.1, -0.05) is 42.5 Å². The molecule has 0 atom stereocenters. The maximum Gasteiger partial charge on any atom is 0.236 e. The molecule has 0 aliphatic carbocycles. The van der Waals surface area contributed by atoms with Crippen molar-refractivity contribution in [3.63, 3.8) is 0 Å². The highest BCUT2D eigenvalue weighted by Gasteiger charge is 2.12. The van der Waals surface area contributed by atoms with Crippen LogP contribution in [0.2, 0.25) is 0 Å². The molecule has 0 saturated heterocycles. The van der Waals surface area contributed by atoms with Gasteiger partial charge in [0.05, 0.1) is 17.8 Å². The highest BCUT2D eigenvalue weighted by atomic mass is 32.2. The van der Waals surface area contributed by atoms with Gasteiger partial charge in [-0.2, -0.15) is 0 Å². The topological polar surface area (TPSA) is 74.8 Å². The third-order valence-corrected chi connectivity index (χ3v) is 4.70. The molecular weight excluding hydrogens is 310 g/mol. The summed E-state index contributed by atoms with van der Waals surface area (Å²) in [6, 6.07) is 16.3. The monoisotopic (exact) mass is 327 g/mol. The van der Waals surface area contributed by atoms with E-state index in [4.69, 9.17) is 0 Å². The molecular formula is C17H17N3O2S. The molecule has 0 bridgehead atoms. The Kier molecular flexibility index (Phi) is 4.16. The predicted octanol–water partition coefficient (Wildman–Crippen LogP) is 3.33. The van der Waals surface area contributed by atoms with Crippen molar-refractivity contribution in [2.24, 2.45) is 0 Å². The molecule has 0 aliphatic rings. The number of hydrogen-bond donors (Lipinski definition) is 2. The fourth-order valence-electron chi connectivity index (χ4n) is 2.39. The van der Waals surface area contributed by atoms with E-state index in [0.29, 0.717) is 5.69 Å². The van der Waals surface area contributed by atoms with Crippen LogP contribution in [0.25, 0.3) is 11.3 Å². The number of imidazole rings is 1. The normalized spacial score (nSPS) is 11.3. The van der Waals surface area contributed by atoms with E-state index in [1.54, 1.807) is 30.6 Å². The Morgan fingerprint density at radius 1 is 1.09 bits per heavy atom. The number of rotatable bonds is 5. The lowest BCUT2D eigenvalue weighted by atomic mass is 10.1. The van der Waals surface area contributed by atoms with Crippen molar-refractivity contribution in [3.05, 3.63) is 72.2 Å². The Bertz CT molecular complexity index is 902. The summed E-state index contributed by atoms with van der Waals surface area (Å²) in [5, 5.41) is 0. The summed E-state index contributed by atoms with van der Waals surface area (Å²) in [7, 11) is -3.46. The van der Waals surface area contributed by atoms with Gasteiger partial charge < -0.3 is 4.98 Å².